The van der Waals surface area contributed by atoms with Crippen LogP contribution in [0.1, 0.15) is 17.5 Å². The Hall–Kier alpha value is -1.68. The molecule has 0 aliphatic carbocycles. The van der Waals surface area contributed by atoms with E-state index in [9.17, 15) is 4.39 Å². The topological polar surface area (TPSA) is 12.5 Å². The average molecular weight is 344 g/mol. The number of fused-ring (bicyclic) bond motifs is 2. The highest BCUT2D eigenvalue weighted by atomic mass is 35.5. The molecule has 0 radical (unpaired) electrons. The maximum atomic E-state index is 13.4. The van der Waals surface area contributed by atoms with E-state index in [1.165, 1.54) is 17.2 Å². The van der Waals surface area contributed by atoms with Gasteiger partial charge < -0.3 is 4.74 Å². The Labute approximate surface area is 146 Å². The van der Waals surface area contributed by atoms with E-state index >= 15 is 0 Å². The van der Waals surface area contributed by atoms with Gasteiger partial charge in [-0.3, -0.25) is 4.90 Å². The average Bonchev–Trinajstić information content (AvgIpc) is 2.58. The van der Waals surface area contributed by atoms with Crippen molar-refractivity contribution >= 4 is 17.2 Å². The summed E-state index contributed by atoms with van der Waals surface area (Å²) in [6.07, 6.45) is 3.15. The lowest BCUT2D eigenvalue weighted by Gasteiger charge is -2.44. The first-order chi connectivity index (χ1) is 11.7. The summed E-state index contributed by atoms with van der Waals surface area (Å²) in [6.45, 7) is 2.35. The summed E-state index contributed by atoms with van der Waals surface area (Å²) in [5, 5.41) is 0.182. The van der Waals surface area contributed by atoms with Gasteiger partial charge in [-0.25, -0.2) is 4.39 Å². The van der Waals surface area contributed by atoms with Gasteiger partial charge in [-0.15, -0.1) is 0 Å². The highest BCUT2D eigenvalue weighted by Crippen LogP contribution is 2.34. The highest BCUT2D eigenvalue weighted by Gasteiger charge is 2.34. The van der Waals surface area contributed by atoms with E-state index in [4.69, 9.17) is 16.3 Å². The molecule has 2 aliphatic rings. The van der Waals surface area contributed by atoms with Gasteiger partial charge in [0.25, 0.3) is 0 Å². The number of rotatable bonds is 3. The van der Waals surface area contributed by atoms with E-state index in [1.807, 2.05) is 12.1 Å². The van der Waals surface area contributed by atoms with Crippen molar-refractivity contribution in [3.8, 4) is 0 Å². The Bertz CT molecular complexity index is 761. The van der Waals surface area contributed by atoms with E-state index in [1.54, 1.807) is 6.07 Å². The fourth-order valence-electron chi connectivity index (χ4n) is 3.61. The molecule has 4 heteroatoms. The monoisotopic (exact) mass is 343 g/mol. The molecule has 0 aromatic heterocycles. The molecule has 0 amide bonds. The van der Waals surface area contributed by atoms with Gasteiger partial charge in [-0.1, -0.05) is 54.1 Å². The van der Waals surface area contributed by atoms with Crippen LogP contribution in [-0.4, -0.2) is 30.2 Å². The van der Waals surface area contributed by atoms with Crippen LogP contribution in [0.4, 0.5) is 4.39 Å². The standard InChI is InChI=1S/C20H19ClFNO/c21-19-10-15(6-7-20(19)22)16-8-17-12-24-13-18(9-16)23(17)11-14-4-2-1-3-5-14/h1-8,10,17-18H,9,11-13H2. The van der Waals surface area contributed by atoms with Crippen LogP contribution in [0.25, 0.3) is 5.57 Å². The van der Waals surface area contributed by atoms with Crippen molar-refractivity contribution in [2.75, 3.05) is 13.2 Å². The van der Waals surface area contributed by atoms with E-state index in [2.05, 4.69) is 35.2 Å². The lowest BCUT2D eigenvalue weighted by atomic mass is 9.89. The molecular formula is C20H19ClFNO. The molecule has 2 heterocycles. The molecule has 4 rings (SSSR count). The normalized spacial score (nSPS) is 23.8. The summed E-state index contributed by atoms with van der Waals surface area (Å²) in [6, 6.07) is 16.1. The predicted octanol–water partition coefficient (Wildman–Crippen LogP) is 4.54. The third-order valence-electron chi connectivity index (χ3n) is 4.84. The Balaban J connectivity index is 1.61. The van der Waals surface area contributed by atoms with E-state index in [0.29, 0.717) is 12.6 Å². The van der Waals surface area contributed by atoms with Gasteiger partial charge >= 0.3 is 0 Å². The van der Waals surface area contributed by atoms with Crippen molar-refractivity contribution in [3.63, 3.8) is 0 Å². The first-order valence-corrected chi connectivity index (χ1v) is 8.62. The summed E-state index contributed by atoms with van der Waals surface area (Å²) in [4.78, 5) is 2.51. The summed E-state index contributed by atoms with van der Waals surface area (Å²) in [7, 11) is 0. The number of nitrogens with zero attached hydrogens (tertiary/aromatic N) is 1. The second-order valence-corrected chi connectivity index (χ2v) is 6.85. The molecule has 1 saturated heterocycles. The van der Waals surface area contributed by atoms with Gasteiger partial charge in [0.05, 0.1) is 24.3 Å². The fourth-order valence-corrected chi connectivity index (χ4v) is 3.79. The Morgan fingerprint density at radius 2 is 1.96 bits per heavy atom. The molecular weight excluding hydrogens is 325 g/mol. The summed E-state index contributed by atoms with van der Waals surface area (Å²) < 4.78 is 19.2. The SMILES string of the molecule is Fc1ccc(C2=CC3COCC(C2)N3Cc2ccccc2)cc1Cl. The van der Waals surface area contributed by atoms with Crippen molar-refractivity contribution in [2.45, 2.75) is 25.0 Å². The zero-order valence-corrected chi connectivity index (χ0v) is 14.0. The third kappa shape index (κ3) is 3.12. The molecule has 0 spiro atoms. The van der Waals surface area contributed by atoms with Crippen LogP contribution in [-0.2, 0) is 11.3 Å². The second kappa shape index (κ2) is 6.67. The van der Waals surface area contributed by atoms with E-state index in [0.717, 1.165) is 25.1 Å². The number of halogens is 2. The van der Waals surface area contributed by atoms with Crippen molar-refractivity contribution < 1.29 is 9.13 Å². The minimum Gasteiger partial charge on any atom is -0.378 e. The summed E-state index contributed by atoms with van der Waals surface area (Å²) >= 11 is 5.95. The second-order valence-electron chi connectivity index (χ2n) is 6.44. The number of morpholine rings is 1. The van der Waals surface area contributed by atoms with Crippen LogP contribution in [0, 0.1) is 5.82 Å². The van der Waals surface area contributed by atoms with Crippen LogP contribution in [0.3, 0.4) is 0 Å². The fraction of sp³-hybridized carbons (Fsp3) is 0.300. The molecule has 24 heavy (non-hydrogen) atoms. The molecule has 2 aromatic carbocycles. The van der Waals surface area contributed by atoms with Crippen molar-refractivity contribution in [1.29, 1.82) is 0 Å². The van der Waals surface area contributed by atoms with Gasteiger partial charge in [0.1, 0.15) is 5.82 Å². The van der Waals surface area contributed by atoms with E-state index in [-0.39, 0.29) is 16.9 Å². The molecule has 1 fully saturated rings. The van der Waals surface area contributed by atoms with Crippen molar-refractivity contribution in [2.24, 2.45) is 0 Å². The summed E-state index contributed by atoms with van der Waals surface area (Å²) in [5.41, 5.74) is 3.56. The van der Waals surface area contributed by atoms with Crippen LogP contribution in [0.15, 0.2) is 54.6 Å². The highest BCUT2D eigenvalue weighted by molar-refractivity contribution is 6.30. The Morgan fingerprint density at radius 3 is 2.71 bits per heavy atom. The molecule has 0 N–H and O–H groups in total. The smallest absolute Gasteiger partial charge is 0.141 e. The van der Waals surface area contributed by atoms with Gasteiger partial charge in [-0.05, 0) is 35.3 Å². The first kappa shape index (κ1) is 15.8. The molecule has 2 atom stereocenters. The molecule has 2 aromatic rings. The predicted molar refractivity (Wildman–Crippen MR) is 94.4 cm³/mol. The van der Waals surface area contributed by atoms with E-state index < -0.39 is 0 Å². The number of benzene rings is 2. The van der Waals surface area contributed by atoms with Gasteiger partial charge in [-0.2, -0.15) is 0 Å². The minimum absolute atomic E-state index is 0.182. The lowest BCUT2D eigenvalue weighted by molar-refractivity contribution is -0.0402. The van der Waals surface area contributed by atoms with Gasteiger partial charge in [0.15, 0.2) is 0 Å². The number of hydrogen-bond donors (Lipinski definition) is 0. The van der Waals surface area contributed by atoms with Gasteiger partial charge in [0.2, 0.25) is 0 Å². The largest absolute Gasteiger partial charge is 0.378 e. The van der Waals surface area contributed by atoms with Crippen molar-refractivity contribution in [3.05, 3.63) is 76.6 Å². The van der Waals surface area contributed by atoms with Crippen LogP contribution in [0.2, 0.25) is 5.02 Å². The van der Waals surface area contributed by atoms with Crippen LogP contribution < -0.4 is 0 Å². The zero-order valence-electron chi connectivity index (χ0n) is 13.3. The first-order valence-electron chi connectivity index (χ1n) is 8.24. The number of ether oxygens (including phenoxy) is 1. The Morgan fingerprint density at radius 1 is 1.12 bits per heavy atom. The molecule has 2 bridgehead atoms. The molecule has 0 saturated carbocycles. The lowest BCUT2D eigenvalue weighted by Crippen LogP contribution is -2.53. The quantitative estimate of drug-likeness (QED) is 0.811. The summed E-state index contributed by atoms with van der Waals surface area (Å²) in [5.74, 6) is -0.369. The third-order valence-corrected chi connectivity index (χ3v) is 5.13. The maximum absolute atomic E-state index is 13.4. The molecule has 2 unspecified atom stereocenters. The van der Waals surface area contributed by atoms with Gasteiger partial charge in [0, 0.05) is 12.6 Å². The van der Waals surface area contributed by atoms with Crippen LogP contribution >= 0.6 is 11.6 Å². The van der Waals surface area contributed by atoms with Crippen LogP contribution in [0.5, 0.6) is 0 Å². The molecule has 2 nitrogen and oxygen atoms in total. The molecule has 124 valence electrons. The maximum Gasteiger partial charge on any atom is 0.141 e. The Kier molecular flexibility index (Phi) is 4.40. The van der Waals surface area contributed by atoms with Crippen molar-refractivity contribution in [1.82, 2.24) is 4.90 Å². The minimum atomic E-state index is -0.369. The number of hydrogen-bond acceptors (Lipinski definition) is 2. The molecule has 2 aliphatic heterocycles. The zero-order chi connectivity index (χ0) is 16.5.